The lowest BCUT2D eigenvalue weighted by atomic mass is 10.1. The molecule has 0 bridgehead atoms. The van der Waals surface area contributed by atoms with Gasteiger partial charge < -0.3 is 15.2 Å². The van der Waals surface area contributed by atoms with E-state index in [1.54, 1.807) is 17.4 Å². The van der Waals surface area contributed by atoms with E-state index in [0.29, 0.717) is 0 Å². The van der Waals surface area contributed by atoms with Crippen LogP contribution >= 0.6 is 11.3 Å². The molecule has 0 unspecified atom stereocenters. The molecule has 2 aromatic rings. The number of nitrogens with one attached hydrogen (secondary N) is 2. The smallest absolute Gasteiger partial charge is 0.266 e. The summed E-state index contributed by atoms with van der Waals surface area (Å²) in [4.78, 5) is 22.1. The van der Waals surface area contributed by atoms with E-state index in [-0.39, 0.29) is 11.1 Å². The van der Waals surface area contributed by atoms with Crippen LogP contribution < -0.4 is 10.9 Å². The van der Waals surface area contributed by atoms with E-state index in [9.17, 15) is 4.79 Å². The highest BCUT2D eigenvalue weighted by molar-refractivity contribution is 7.16. The molecule has 0 aromatic carbocycles. The van der Waals surface area contributed by atoms with Crippen molar-refractivity contribution in [3.8, 4) is 17.3 Å². The number of hydrogen-bond acceptors (Lipinski definition) is 6. The number of hydrogen-bond donors (Lipinski definition) is 2. The Labute approximate surface area is 133 Å². The molecule has 22 heavy (non-hydrogen) atoms. The number of rotatable bonds is 5. The van der Waals surface area contributed by atoms with E-state index < -0.39 is 0 Å². The first-order chi connectivity index (χ1) is 10.4. The SMILES string of the molecule is Cc1[nH]c(=O)c(C#N)cc1-c1nc(NCCN(C)C)sc1C. The molecule has 0 atom stereocenters. The number of thiazole rings is 1. The third-order valence-corrected chi connectivity index (χ3v) is 4.17. The van der Waals surface area contributed by atoms with Crippen LogP contribution in [0, 0.1) is 25.2 Å². The zero-order valence-electron chi connectivity index (χ0n) is 13.1. The Morgan fingerprint density at radius 1 is 1.45 bits per heavy atom. The van der Waals surface area contributed by atoms with Crippen molar-refractivity contribution in [2.24, 2.45) is 0 Å². The van der Waals surface area contributed by atoms with Gasteiger partial charge in [0.25, 0.3) is 5.56 Å². The fraction of sp³-hybridized carbons (Fsp3) is 0.400. The van der Waals surface area contributed by atoms with Gasteiger partial charge in [-0.1, -0.05) is 0 Å². The average Bonchev–Trinajstić information content (AvgIpc) is 2.79. The summed E-state index contributed by atoms with van der Waals surface area (Å²) in [6.07, 6.45) is 0. The van der Waals surface area contributed by atoms with Crippen LogP contribution in [0.4, 0.5) is 5.13 Å². The Hall–Kier alpha value is -2.17. The molecule has 0 spiro atoms. The topological polar surface area (TPSA) is 84.8 Å². The average molecular weight is 317 g/mol. The zero-order valence-corrected chi connectivity index (χ0v) is 14.0. The maximum atomic E-state index is 11.6. The van der Waals surface area contributed by atoms with Gasteiger partial charge in [0.15, 0.2) is 5.13 Å². The van der Waals surface area contributed by atoms with Gasteiger partial charge in [0.05, 0.1) is 5.69 Å². The molecule has 0 amide bonds. The van der Waals surface area contributed by atoms with Crippen molar-refractivity contribution >= 4 is 16.5 Å². The Morgan fingerprint density at radius 2 is 2.18 bits per heavy atom. The second kappa shape index (κ2) is 6.73. The molecule has 0 radical (unpaired) electrons. The predicted molar refractivity (Wildman–Crippen MR) is 89.4 cm³/mol. The van der Waals surface area contributed by atoms with Crippen molar-refractivity contribution in [1.29, 1.82) is 5.26 Å². The molecule has 0 saturated heterocycles. The van der Waals surface area contributed by atoms with Crippen molar-refractivity contribution in [3.05, 3.63) is 32.6 Å². The molecule has 116 valence electrons. The van der Waals surface area contributed by atoms with Crippen LogP contribution in [-0.4, -0.2) is 42.1 Å². The minimum absolute atomic E-state index is 0.107. The van der Waals surface area contributed by atoms with Gasteiger partial charge in [-0.15, -0.1) is 11.3 Å². The first kappa shape index (κ1) is 16.2. The van der Waals surface area contributed by atoms with Crippen molar-refractivity contribution in [3.63, 3.8) is 0 Å². The normalized spacial score (nSPS) is 10.7. The highest BCUT2D eigenvalue weighted by atomic mass is 32.1. The van der Waals surface area contributed by atoms with E-state index in [1.165, 1.54) is 0 Å². The summed E-state index contributed by atoms with van der Waals surface area (Å²) in [5.74, 6) is 0. The van der Waals surface area contributed by atoms with E-state index in [0.717, 1.165) is 40.0 Å². The third-order valence-electron chi connectivity index (χ3n) is 3.25. The first-order valence-electron chi connectivity index (χ1n) is 6.92. The van der Waals surface area contributed by atoms with Gasteiger partial charge in [0.1, 0.15) is 11.6 Å². The van der Waals surface area contributed by atoms with E-state index in [4.69, 9.17) is 5.26 Å². The Morgan fingerprint density at radius 3 is 2.82 bits per heavy atom. The third kappa shape index (κ3) is 3.53. The van der Waals surface area contributed by atoms with Crippen molar-refractivity contribution in [2.45, 2.75) is 13.8 Å². The number of pyridine rings is 1. The molecule has 7 heteroatoms. The second-order valence-electron chi connectivity index (χ2n) is 5.32. The number of aromatic nitrogens is 2. The van der Waals surface area contributed by atoms with Crippen molar-refractivity contribution in [1.82, 2.24) is 14.9 Å². The molecular weight excluding hydrogens is 298 g/mol. The fourth-order valence-electron chi connectivity index (χ4n) is 2.06. The molecule has 2 N–H and O–H groups in total. The monoisotopic (exact) mass is 317 g/mol. The molecule has 0 aliphatic rings. The van der Waals surface area contributed by atoms with E-state index in [1.807, 2.05) is 34.0 Å². The standard InChI is InChI=1S/C15H19N5OS/c1-9-12(7-11(8-16)14(21)18-9)13-10(2)22-15(19-13)17-5-6-20(3)4/h7H,5-6H2,1-4H3,(H,17,19)(H,18,21). The van der Waals surface area contributed by atoms with Gasteiger partial charge in [-0.3, -0.25) is 4.79 Å². The number of aryl methyl sites for hydroxylation is 2. The molecule has 0 fully saturated rings. The molecule has 0 saturated carbocycles. The molecule has 0 aliphatic heterocycles. The van der Waals surface area contributed by atoms with Gasteiger partial charge in [0.2, 0.25) is 0 Å². The lowest BCUT2D eigenvalue weighted by molar-refractivity contribution is 0.425. The number of nitrogens with zero attached hydrogens (tertiary/aromatic N) is 3. The van der Waals surface area contributed by atoms with Crippen LogP contribution in [0.25, 0.3) is 11.3 Å². The highest BCUT2D eigenvalue weighted by Crippen LogP contribution is 2.31. The predicted octanol–water partition coefficient (Wildman–Crippen LogP) is 1.96. The van der Waals surface area contributed by atoms with Crippen LogP contribution in [-0.2, 0) is 0 Å². The van der Waals surface area contributed by atoms with E-state index in [2.05, 4.69) is 20.2 Å². The summed E-state index contributed by atoms with van der Waals surface area (Å²) in [6, 6.07) is 3.53. The molecule has 0 aliphatic carbocycles. The minimum Gasteiger partial charge on any atom is -0.360 e. The second-order valence-corrected chi connectivity index (χ2v) is 6.52. The summed E-state index contributed by atoms with van der Waals surface area (Å²) in [5, 5.41) is 13.2. The summed E-state index contributed by atoms with van der Waals surface area (Å²) in [5.41, 5.74) is 2.07. The summed E-state index contributed by atoms with van der Waals surface area (Å²) >= 11 is 1.57. The van der Waals surface area contributed by atoms with E-state index >= 15 is 0 Å². The van der Waals surface area contributed by atoms with Crippen molar-refractivity contribution in [2.75, 3.05) is 32.5 Å². The number of anilines is 1. The highest BCUT2D eigenvalue weighted by Gasteiger charge is 2.14. The molecule has 2 aromatic heterocycles. The van der Waals surface area contributed by atoms with Crippen LogP contribution in [0.3, 0.4) is 0 Å². The van der Waals surface area contributed by atoms with Crippen molar-refractivity contribution < 1.29 is 0 Å². The Bertz CT molecular complexity index is 769. The zero-order chi connectivity index (χ0) is 16.3. The summed E-state index contributed by atoms with van der Waals surface area (Å²) < 4.78 is 0. The van der Waals surface area contributed by atoms with Gasteiger partial charge >= 0.3 is 0 Å². The maximum Gasteiger partial charge on any atom is 0.266 e. The minimum atomic E-state index is -0.360. The van der Waals surface area contributed by atoms with Crippen LogP contribution in [0.1, 0.15) is 16.1 Å². The molecule has 2 heterocycles. The maximum absolute atomic E-state index is 11.6. The molecule has 2 rings (SSSR count). The van der Waals surface area contributed by atoms with Gasteiger partial charge in [-0.25, -0.2) is 4.98 Å². The number of likely N-dealkylation sites (N-methyl/N-ethyl adjacent to an activating group) is 1. The number of nitriles is 1. The summed E-state index contributed by atoms with van der Waals surface area (Å²) in [7, 11) is 4.04. The lowest BCUT2D eigenvalue weighted by Crippen LogP contribution is -2.20. The lowest BCUT2D eigenvalue weighted by Gasteiger charge is -2.09. The van der Waals surface area contributed by atoms with Crippen LogP contribution in [0.15, 0.2) is 10.9 Å². The largest absolute Gasteiger partial charge is 0.360 e. The fourth-order valence-corrected chi connectivity index (χ4v) is 2.91. The number of H-pyrrole nitrogens is 1. The van der Waals surface area contributed by atoms with Gasteiger partial charge in [-0.2, -0.15) is 5.26 Å². The van der Waals surface area contributed by atoms with Gasteiger partial charge in [0, 0.05) is 29.2 Å². The summed E-state index contributed by atoms with van der Waals surface area (Å²) in [6.45, 7) is 5.54. The number of aromatic amines is 1. The van der Waals surface area contributed by atoms with Gasteiger partial charge in [-0.05, 0) is 34.0 Å². The molecule has 6 nitrogen and oxygen atoms in total. The Kier molecular flexibility index (Phi) is 4.96. The van der Waals surface area contributed by atoms with Crippen LogP contribution in [0.2, 0.25) is 0 Å². The Balaban J connectivity index is 2.32. The first-order valence-corrected chi connectivity index (χ1v) is 7.74. The quantitative estimate of drug-likeness (QED) is 0.880. The van der Waals surface area contributed by atoms with Crippen LogP contribution in [0.5, 0.6) is 0 Å². The molecular formula is C15H19N5OS.